The van der Waals surface area contributed by atoms with Gasteiger partial charge in [0.25, 0.3) is 5.91 Å². The average molecular weight is 635 g/mol. The molecule has 0 radical (unpaired) electrons. The van der Waals surface area contributed by atoms with Gasteiger partial charge in [-0.1, -0.05) is 0 Å². The standard InChI is InChI=1S/C27H33F3N10O5/c1-16(41)22(42)38-5-7-39(8-6-38)24-33-18-20(37-9-11-44-12-10-37)34-19(35-21(18)40(24)15-27(28,29)30)17-13-31-23(32-14-17)36-25(43)45-26(2,3)4/h13-14H,5-12,15H2,1-4H3,(H,31,32,36,43). The van der Waals surface area contributed by atoms with Gasteiger partial charge in [-0.05, 0) is 20.8 Å². The number of aromatic nitrogens is 6. The van der Waals surface area contributed by atoms with Crippen molar-refractivity contribution in [2.75, 3.05) is 67.6 Å². The minimum absolute atomic E-state index is 0.0198. The molecule has 0 bridgehead atoms. The van der Waals surface area contributed by atoms with Crippen LogP contribution in [0, 0.1) is 0 Å². The summed E-state index contributed by atoms with van der Waals surface area (Å²) in [5.74, 6) is -0.900. The number of ether oxygens (including phenoxy) is 2. The first-order chi connectivity index (χ1) is 21.2. The highest BCUT2D eigenvalue weighted by molar-refractivity contribution is 6.35. The maximum absolute atomic E-state index is 14.0. The lowest BCUT2D eigenvalue weighted by atomic mass is 10.2. The highest BCUT2D eigenvalue weighted by Gasteiger charge is 2.35. The lowest BCUT2D eigenvalue weighted by molar-refractivity contribution is -0.143. The van der Waals surface area contributed by atoms with Crippen LogP contribution in [0.25, 0.3) is 22.6 Å². The predicted molar refractivity (Wildman–Crippen MR) is 155 cm³/mol. The van der Waals surface area contributed by atoms with E-state index in [9.17, 15) is 27.6 Å². The van der Waals surface area contributed by atoms with Crippen LogP contribution in [0.4, 0.5) is 35.7 Å². The second kappa shape index (κ2) is 12.4. The Morgan fingerprint density at radius 1 is 0.933 bits per heavy atom. The van der Waals surface area contributed by atoms with Crippen molar-refractivity contribution < 1.29 is 37.0 Å². The third-order valence-electron chi connectivity index (χ3n) is 6.88. The largest absolute Gasteiger partial charge is 0.444 e. The fraction of sp³-hybridized carbons (Fsp3) is 0.556. The lowest BCUT2D eigenvalue weighted by Crippen LogP contribution is -2.51. The molecule has 1 N–H and O–H groups in total. The van der Waals surface area contributed by atoms with Gasteiger partial charge in [0.15, 0.2) is 22.8 Å². The van der Waals surface area contributed by atoms with Crippen molar-refractivity contribution >= 4 is 46.7 Å². The Morgan fingerprint density at radius 3 is 2.16 bits per heavy atom. The Kier molecular flexibility index (Phi) is 8.77. The third kappa shape index (κ3) is 7.55. The van der Waals surface area contributed by atoms with Gasteiger partial charge in [-0.25, -0.2) is 29.7 Å². The van der Waals surface area contributed by atoms with Crippen LogP contribution in [0.15, 0.2) is 12.4 Å². The van der Waals surface area contributed by atoms with Crippen LogP contribution in [-0.2, 0) is 25.6 Å². The van der Waals surface area contributed by atoms with Gasteiger partial charge in [-0.3, -0.25) is 19.5 Å². The van der Waals surface area contributed by atoms with Crippen molar-refractivity contribution in [2.45, 2.75) is 46.0 Å². The summed E-state index contributed by atoms with van der Waals surface area (Å²) in [6.45, 7) is 7.15. The number of Topliss-reactive ketones (excluding diaryl/α,β-unsaturated/α-hetero) is 1. The molecule has 15 nitrogen and oxygen atoms in total. The van der Waals surface area contributed by atoms with Gasteiger partial charge in [0.1, 0.15) is 12.1 Å². The summed E-state index contributed by atoms with van der Waals surface area (Å²) in [7, 11) is 0. The summed E-state index contributed by atoms with van der Waals surface area (Å²) >= 11 is 0. The van der Waals surface area contributed by atoms with Crippen LogP contribution in [0.1, 0.15) is 27.7 Å². The van der Waals surface area contributed by atoms with Gasteiger partial charge in [0, 0.05) is 58.6 Å². The number of anilines is 3. The van der Waals surface area contributed by atoms with Gasteiger partial charge in [0.2, 0.25) is 17.7 Å². The number of rotatable bonds is 6. The molecule has 45 heavy (non-hydrogen) atoms. The van der Waals surface area contributed by atoms with Gasteiger partial charge in [-0.2, -0.15) is 13.2 Å². The predicted octanol–water partition coefficient (Wildman–Crippen LogP) is 2.27. The Morgan fingerprint density at radius 2 is 1.58 bits per heavy atom. The number of halogens is 3. The number of morpholine rings is 1. The average Bonchev–Trinajstić information content (AvgIpc) is 3.32. The van der Waals surface area contributed by atoms with Crippen LogP contribution >= 0.6 is 0 Å². The minimum atomic E-state index is -4.61. The summed E-state index contributed by atoms with van der Waals surface area (Å²) in [5, 5.41) is 2.43. The molecule has 0 atom stereocenters. The second-order valence-electron chi connectivity index (χ2n) is 11.5. The van der Waals surface area contributed by atoms with Crippen molar-refractivity contribution in [1.29, 1.82) is 0 Å². The number of nitrogens with one attached hydrogen (secondary N) is 1. The molecule has 5 rings (SSSR count). The van der Waals surface area contributed by atoms with E-state index in [2.05, 4.69) is 30.2 Å². The molecule has 0 aromatic carbocycles. The van der Waals surface area contributed by atoms with Crippen LogP contribution in [0.5, 0.6) is 0 Å². The molecule has 0 saturated carbocycles. The molecule has 2 aliphatic rings. The quantitative estimate of drug-likeness (QED) is 0.395. The zero-order valence-corrected chi connectivity index (χ0v) is 25.2. The van der Waals surface area contributed by atoms with E-state index in [1.165, 1.54) is 24.2 Å². The van der Waals surface area contributed by atoms with Gasteiger partial charge < -0.3 is 24.2 Å². The van der Waals surface area contributed by atoms with Crippen molar-refractivity contribution in [3.05, 3.63) is 12.4 Å². The lowest BCUT2D eigenvalue weighted by Gasteiger charge is -2.35. The van der Waals surface area contributed by atoms with Crippen molar-refractivity contribution in [3.8, 4) is 11.4 Å². The van der Waals surface area contributed by atoms with E-state index in [0.717, 1.165) is 4.57 Å². The van der Waals surface area contributed by atoms with E-state index in [1.54, 1.807) is 25.7 Å². The molecule has 3 aromatic heterocycles. The normalized spacial score (nSPS) is 16.2. The maximum atomic E-state index is 14.0. The number of amides is 2. The summed E-state index contributed by atoms with van der Waals surface area (Å²) in [4.78, 5) is 62.8. The number of hydrogen-bond acceptors (Lipinski definition) is 12. The summed E-state index contributed by atoms with van der Waals surface area (Å²) in [6.07, 6.45) is -2.67. The molecule has 5 heterocycles. The molecule has 3 aromatic rings. The van der Waals surface area contributed by atoms with E-state index in [-0.39, 0.29) is 55.1 Å². The van der Waals surface area contributed by atoms with Crippen molar-refractivity contribution in [2.24, 2.45) is 0 Å². The minimum Gasteiger partial charge on any atom is -0.444 e. The number of ketones is 1. The Hall–Kier alpha value is -4.61. The molecular weight excluding hydrogens is 601 g/mol. The molecule has 0 spiro atoms. The van der Waals surface area contributed by atoms with Crippen LogP contribution < -0.4 is 15.1 Å². The first kappa shape index (κ1) is 31.8. The molecule has 2 fully saturated rings. The van der Waals surface area contributed by atoms with Gasteiger partial charge in [-0.15, -0.1) is 0 Å². The van der Waals surface area contributed by atoms with E-state index < -0.39 is 36.1 Å². The topological polar surface area (TPSA) is 161 Å². The molecule has 2 saturated heterocycles. The van der Waals surface area contributed by atoms with E-state index >= 15 is 0 Å². The van der Waals surface area contributed by atoms with Crippen LogP contribution in [0.3, 0.4) is 0 Å². The zero-order valence-electron chi connectivity index (χ0n) is 25.2. The Bertz CT molecular complexity index is 1570. The summed E-state index contributed by atoms with van der Waals surface area (Å²) < 4.78 is 53.6. The van der Waals surface area contributed by atoms with E-state index in [4.69, 9.17) is 9.47 Å². The van der Waals surface area contributed by atoms with E-state index in [1.807, 2.05) is 4.90 Å². The summed E-state index contributed by atoms with van der Waals surface area (Å²) in [5.41, 5.74) is -0.321. The molecule has 0 unspecified atom stereocenters. The number of alkyl halides is 3. The fourth-order valence-electron chi connectivity index (χ4n) is 4.90. The Labute approximate surface area is 255 Å². The van der Waals surface area contributed by atoms with Crippen LogP contribution in [-0.4, -0.2) is 116 Å². The fourth-order valence-corrected chi connectivity index (χ4v) is 4.90. The van der Waals surface area contributed by atoms with Crippen molar-refractivity contribution in [1.82, 2.24) is 34.4 Å². The number of piperazine rings is 1. The number of nitrogens with zero attached hydrogens (tertiary/aromatic N) is 9. The molecule has 242 valence electrons. The molecule has 2 amide bonds. The van der Waals surface area contributed by atoms with Crippen molar-refractivity contribution in [3.63, 3.8) is 0 Å². The Balaban J connectivity index is 1.55. The first-order valence-electron chi connectivity index (χ1n) is 14.2. The van der Waals surface area contributed by atoms with Gasteiger partial charge in [0.05, 0.1) is 18.8 Å². The first-order valence-corrected chi connectivity index (χ1v) is 14.2. The number of carbonyl (C=O) groups excluding carboxylic acids is 3. The monoisotopic (exact) mass is 634 g/mol. The number of hydrogen-bond donors (Lipinski definition) is 1. The molecule has 0 aliphatic carbocycles. The number of fused-ring (bicyclic) bond motifs is 1. The highest BCUT2D eigenvalue weighted by atomic mass is 19.4. The number of imidazole rings is 1. The zero-order chi connectivity index (χ0) is 32.5. The smallest absolute Gasteiger partial charge is 0.414 e. The summed E-state index contributed by atoms with van der Waals surface area (Å²) in [6, 6.07) is 0. The van der Waals surface area contributed by atoms with Gasteiger partial charge >= 0.3 is 12.3 Å². The second-order valence-corrected chi connectivity index (χ2v) is 11.5. The SMILES string of the molecule is CC(=O)C(=O)N1CCN(c2nc3c(N4CCOCC4)nc(-c4cnc(NC(=O)OC(C)(C)C)nc4)nc3n2CC(F)(F)F)CC1. The van der Waals surface area contributed by atoms with E-state index in [0.29, 0.717) is 37.7 Å². The number of carbonyl (C=O) groups is 3. The molecular formula is C27H33F3N10O5. The molecule has 2 aliphatic heterocycles. The highest BCUT2D eigenvalue weighted by Crippen LogP contribution is 2.33. The molecule has 18 heteroatoms. The third-order valence-corrected chi connectivity index (χ3v) is 6.88. The maximum Gasteiger partial charge on any atom is 0.414 e. The van der Waals surface area contributed by atoms with Crippen LogP contribution in [0.2, 0.25) is 0 Å².